The molecule has 4 heteroatoms. The predicted molar refractivity (Wildman–Crippen MR) is 66.9 cm³/mol. The molecule has 0 amide bonds. The van der Waals surface area contributed by atoms with Gasteiger partial charge in [-0.05, 0) is 44.5 Å². The number of nitrogen functional groups attached to an aromatic ring is 1. The Labute approximate surface area is 100 Å². The van der Waals surface area contributed by atoms with E-state index in [0.29, 0.717) is 0 Å². The van der Waals surface area contributed by atoms with Crippen molar-refractivity contribution in [1.82, 2.24) is 4.98 Å². The quantitative estimate of drug-likeness (QED) is 0.883. The zero-order valence-corrected chi connectivity index (χ0v) is 10.2. The van der Waals surface area contributed by atoms with Crippen LogP contribution in [0.15, 0.2) is 28.9 Å². The highest BCUT2D eigenvalue weighted by Gasteiger charge is 2.07. The van der Waals surface area contributed by atoms with Crippen molar-refractivity contribution < 1.29 is 9.15 Å². The van der Waals surface area contributed by atoms with Gasteiger partial charge in [0, 0.05) is 5.56 Å². The van der Waals surface area contributed by atoms with Gasteiger partial charge in [0.1, 0.15) is 17.7 Å². The summed E-state index contributed by atoms with van der Waals surface area (Å²) in [5, 5.41) is 0. The number of oxazole rings is 1. The van der Waals surface area contributed by atoms with E-state index in [9.17, 15) is 0 Å². The molecule has 0 fully saturated rings. The largest absolute Gasteiger partial charge is 0.491 e. The lowest BCUT2D eigenvalue weighted by atomic mass is 10.1. The van der Waals surface area contributed by atoms with Crippen LogP contribution in [0.5, 0.6) is 5.75 Å². The Bertz CT molecular complexity index is 518. The highest BCUT2D eigenvalue weighted by atomic mass is 16.5. The molecule has 0 aliphatic heterocycles. The van der Waals surface area contributed by atoms with Gasteiger partial charge in [-0.3, -0.25) is 0 Å². The molecule has 0 radical (unpaired) electrons. The molecule has 0 saturated carbocycles. The van der Waals surface area contributed by atoms with Crippen molar-refractivity contribution in [3.8, 4) is 17.0 Å². The number of rotatable bonds is 3. The summed E-state index contributed by atoms with van der Waals surface area (Å²) in [6.07, 6.45) is 1.72. The lowest BCUT2D eigenvalue weighted by Gasteiger charge is -2.12. The smallest absolute Gasteiger partial charge is 0.292 e. The molecule has 0 spiro atoms. The lowest BCUT2D eigenvalue weighted by molar-refractivity contribution is 0.241. The Hall–Kier alpha value is -1.97. The molecule has 0 bridgehead atoms. The van der Waals surface area contributed by atoms with Gasteiger partial charge in [0.15, 0.2) is 0 Å². The summed E-state index contributed by atoms with van der Waals surface area (Å²) in [4.78, 5) is 4.08. The molecule has 1 aromatic carbocycles. The third-order valence-corrected chi connectivity index (χ3v) is 2.36. The molecule has 0 aliphatic rings. The minimum Gasteiger partial charge on any atom is -0.491 e. The van der Waals surface area contributed by atoms with E-state index in [-0.39, 0.29) is 12.1 Å². The number of hydrogen-bond donors (Lipinski definition) is 1. The average Bonchev–Trinajstić information content (AvgIpc) is 2.67. The van der Waals surface area contributed by atoms with Gasteiger partial charge in [-0.1, -0.05) is 0 Å². The van der Waals surface area contributed by atoms with E-state index in [2.05, 4.69) is 4.98 Å². The number of nitrogens with two attached hydrogens (primary N) is 1. The summed E-state index contributed by atoms with van der Waals surface area (Å²) in [7, 11) is 0. The van der Waals surface area contributed by atoms with E-state index < -0.39 is 0 Å². The number of anilines is 1. The summed E-state index contributed by atoms with van der Waals surface area (Å²) >= 11 is 0. The first-order valence-corrected chi connectivity index (χ1v) is 5.55. The first-order chi connectivity index (χ1) is 8.06. The zero-order chi connectivity index (χ0) is 12.4. The van der Waals surface area contributed by atoms with Crippen LogP contribution in [-0.2, 0) is 0 Å². The molecule has 2 N–H and O–H groups in total. The second-order valence-corrected chi connectivity index (χ2v) is 4.22. The summed E-state index contributed by atoms with van der Waals surface area (Å²) < 4.78 is 10.7. The highest BCUT2D eigenvalue weighted by molar-refractivity contribution is 5.61. The van der Waals surface area contributed by atoms with Crippen LogP contribution >= 0.6 is 0 Å². The van der Waals surface area contributed by atoms with Gasteiger partial charge >= 0.3 is 0 Å². The molecule has 1 aromatic heterocycles. The molecule has 2 rings (SSSR count). The molecule has 1 heterocycles. The molecular formula is C13H16N2O2. The Morgan fingerprint density at radius 3 is 2.65 bits per heavy atom. The summed E-state index contributed by atoms with van der Waals surface area (Å²) in [5.74, 6) is 0.889. The number of ether oxygens (including phenoxy) is 1. The van der Waals surface area contributed by atoms with Gasteiger partial charge in [0.2, 0.25) is 0 Å². The van der Waals surface area contributed by atoms with Crippen LogP contribution in [-0.4, -0.2) is 11.1 Å². The fourth-order valence-corrected chi connectivity index (χ4v) is 1.62. The monoisotopic (exact) mass is 232 g/mol. The van der Waals surface area contributed by atoms with Crippen LogP contribution in [0.25, 0.3) is 11.3 Å². The van der Waals surface area contributed by atoms with E-state index >= 15 is 0 Å². The van der Waals surface area contributed by atoms with Crippen molar-refractivity contribution >= 4 is 6.01 Å². The maximum absolute atomic E-state index is 5.67. The van der Waals surface area contributed by atoms with Crippen molar-refractivity contribution in [1.29, 1.82) is 0 Å². The molecule has 0 aliphatic carbocycles. The first-order valence-electron chi connectivity index (χ1n) is 5.55. The minimum atomic E-state index is 0.169. The molecule has 90 valence electrons. The van der Waals surface area contributed by atoms with Gasteiger partial charge in [-0.25, -0.2) is 0 Å². The molecule has 4 nitrogen and oxygen atoms in total. The molecule has 17 heavy (non-hydrogen) atoms. The normalized spacial score (nSPS) is 10.8. The lowest BCUT2D eigenvalue weighted by Crippen LogP contribution is -2.06. The summed E-state index contributed by atoms with van der Waals surface area (Å²) in [6, 6.07) is 6.08. The summed E-state index contributed by atoms with van der Waals surface area (Å²) in [6.45, 7) is 6.02. The van der Waals surface area contributed by atoms with Crippen molar-refractivity contribution in [2.24, 2.45) is 0 Å². The van der Waals surface area contributed by atoms with E-state index in [1.807, 2.05) is 39.0 Å². The van der Waals surface area contributed by atoms with Gasteiger partial charge in [-0.2, -0.15) is 4.98 Å². The summed E-state index contributed by atoms with van der Waals surface area (Å²) in [5.41, 5.74) is 8.22. The van der Waals surface area contributed by atoms with Gasteiger partial charge < -0.3 is 14.9 Å². The Morgan fingerprint density at radius 1 is 1.35 bits per heavy atom. The van der Waals surface area contributed by atoms with E-state index in [0.717, 1.165) is 22.6 Å². The van der Waals surface area contributed by atoms with Crippen LogP contribution in [0, 0.1) is 6.92 Å². The molecular weight excluding hydrogens is 216 g/mol. The minimum absolute atomic E-state index is 0.169. The van der Waals surface area contributed by atoms with Crippen LogP contribution < -0.4 is 10.5 Å². The van der Waals surface area contributed by atoms with Crippen LogP contribution in [0.2, 0.25) is 0 Å². The third-order valence-electron chi connectivity index (χ3n) is 2.36. The SMILES string of the molecule is Cc1cc(-c2coc(N)n2)ccc1OC(C)C. The van der Waals surface area contributed by atoms with Crippen molar-refractivity contribution in [3.63, 3.8) is 0 Å². The van der Waals surface area contributed by atoms with Crippen molar-refractivity contribution in [2.75, 3.05) is 5.73 Å². The zero-order valence-electron chi connectivity index (χ0n) is 10.2. The standard InChI is InChI=1S/C13H16N2O2/c1-8(2)17-12-5-4-10(6-9(12)3)11-7-16-13(14)15-11/h4-8H,1-3H3,(H2,14,15). The Kier molecular flexibility index (Phi) is 3.04. The molecule has 2 aromatic rings. The Balaban J connectivity index is 2.30. The maximum atomic E-state index is 5.67. The van der Waals surface area contributed by atoms with E-state index in [1.54, 1.807) is 6.26 Å². The van der Waals surface area contributed by atoms with Gasteiger partial charge in [-0.15, -0.1) is 0 Å². The number of hydrogen-bond acceptors (Lipinski definition) is 4. The van der Waals surface area contributed by atoms with Crippen LogP contribution in [0.3, 0.4) is 0 Å². The van der Waals surface area contributed by atoms with Crippen LogP contribution in [0.1, 0.15) is 19.4 Å². The average molecular weight is 232 g/mol. The van der Waals surface area contributed by atoms with Crippen molar-refractivity contribution in [3.05, 3.63) is 30.0 Å². The van der Waals surface area contributed by atoms with Crippen LogP contribution in [0.4, 0.5) is 6.01 Å². The Morgan fingerprint density at radius 2 is 2.12 bits per heavy atom. The topological polar surface area (TPSA) is 61.3 Å². The number of aryl methyl sites for hydroxylation is 1. The number of aromatic nitrogens is 1. The third kappa shape index (κ3) is 2.58. The molecule has 0 atom stereocenters. The number of benzene rings is 1. The predicted octanol–water partition coefficient (Wildman–Crippen LogP) is 3.02. The fourth-order valence-electron chi connectivity index (χ4n) is 1.62. The van der Waals surface area contributed by atoms with Gasteiger partial charge in [0.05, 0.1) is 6.10 Å². The number of nitrogens with zero attached hydrogens (tertiary/aromatic N) is 1. The maximum Gasteiger partial charge on any atom is 0.292 e. The fraction of sp³-hybridized carbons (Fsp3) is 0.308. The second-order valence-electron chi connectivity index (χ2n) is 4.22. The molecule has 0 saturated heterocycles. The first kappa shape index (κ1) is 11.5. The van der Waals surface area contributed by atoms with E-state index in [4.69, 9.17) is 14.9 Å². The van der Waals surface area contributed by atoms with E-state index in [1.165, 1.54) is 0 Å². The molecule has 0 unspecified atom stereocenters. The highest BCUT2D eigenvalue weighted by Crippen LogP contribution is 2.26. The van der Waals surface area contributed by atoms with Crippen molar-refractivity contribution in [2.45, 2.75) is 26.9 Å². The second kappa shape index (κ2) is 4.49. The van der Waals surface area contributed by atoms with Gasteiger partial charge in [0.25, 0.3) is 6.01 Å².